The van der Waals surface area contributed by atoms with Crippen molar-refractivity contribution < 1.29 is 8.78 Å². The number of amidine groups is 2. The molecule has 1 atom stereocenters. The van der Waals surface area contributed by atoms with E-state index in [0.29, 0.717) is 34.0 Å². The number of nitrogens with one attached hydrogen (secondary N) is 2. The third-order valence-electron chi connectivity index (χ3n) is 5.84. The van der Waals surface area contributed by atoms with Crippen LogP contribution in [-0.4, -0.2) is 53.1 Å². The molecule has 2 aliphatic rings. The lowest BCUT2D eigenvalue weighted by molar-refractivity contribution is 0.321. The zero-order valence-electron chi connectivity index (χ0n) is 19.5. The van der Waals surface area contributed by atoms with Crippen LogP contribution in [0.1, 0.15) is 18.1 Å². The normalized spacial score (nSPS) is 18.7. The van der Waals surface area contributed by atoms with Crippen LogP contribution in [-0.2, 0) is 13.1 Å². The van der Waals surface area contributed by atoms with Gasteiger partial charge in [-0.2, -0.15) is 10.1 Å². The first kappa shape index (κ1) is 22.6. The van der Waals surface area contributed by atoms with Crippen LogP contribution in [0.3, 0.4) is 0 Å². The molecule has 37 heavy (non-hydrogen) atoms. The van der Waals surface area contributed by atoms with Crippen molar-refractivity contribution in [2.75, 3.05) is 5.32 Å². The van der Waals surface area contributed by atoms with Gasteiger partial charge in [-0.15, -0.1) is 5.10 Å². The molecule has 2 aromatic carbocycles. The van der Waals surface area contributed by atoms with Crippen molar-refractivity contribution in [3.8, 4) is 0 Å². The highest BCUT2D eigenvalue weighted by molar-refractivity contribution is 6.48. The summed E-state index contributed by atoms with van der Waals surface area (Å²) in [5, 5.41) is 17.0. The van der Waals surface area contributed by atoms with Crippen LogP contribution in [0.25, 0.3) is 11.2 Å². The number of aliphatic imine (C=N–C) groups is 2. The highest BCUT2D eigenvalue weighted by Crippen LogP contribution is 2.23. The average molecular weight is 502 g/mol. The van der Waals surface area contributed by atoms with Gasteiger partial charge in [0.15, 0.2) is 22.7 Å². The summed E-state index contributed by atoms with van der Waals surface area (Å²) in [5.74, 6) is -1.39. The summed E-state index contributed by atoms with van der Waals surface area (Å²) in [5.41, 5.74) is 11.4. The first-order chi connectivity index (χ1) is 17.9. The van der Waals surface area contributed by atoms with Gasteiger partial charge in [0.05, 0.1) is 19.3 Å². The van der Waals surface area contributed by atoms with Gasteiger partial charge in [-0.1, -0.05) is 41.6 Å². The number of benzene rings is 2. The molecular formula is C23H20F2N12. The quantitative estimate of drug-likeness (QED) is 0.338. The molecule has 0 aliphatic carbocycles. The van der Waals surface area contributed by atoms with Crippen molar-refractivity contribution in [1.29, 1.82) is 0 Å². The summed E-state index contributed by atoms with van der Waals surface area (Å²) in [4.78, 5) is 17.7. The van der Waals surface area contributed by atoms with E-state index in [1.165, 1.54) is 23.0 Å². The van der Waals surface area contributed by atoms with Crippen LogP contribution < -0.4 is 16.6 Å². The molecule has 0 spiro atoms. The Morgan fingerprint density at radius 2 is 1.73 bits per heavy atom. The van der Waals surface area contributed by atoms with Gasteiger partial charge in [0.2, 0.25) is 11.7 Å². The van der Waals surface area contributed by atoms with E-state index in [1.54, 1.807) is 48.3 Å². The van der Waals surface area contributed by atoms with Crippen molar-refractivity contribution in [2.45, 2.75) is 25.8 Å². The average Bonchev–Trinajstić information content (AvgIpc) is 3.46. The van der Waals surface area contributed by atoms with Crippen molar-refractivity contribution in [3.63, 3.8) is 0 Å². The molecule has 0 radical (unpaired) electrons. The lowest BCUT2D eigenvalue weighted by Crippen LogP contribution is -2.59. The Hall–Kier alpha value is -4.85. The summed E-state index contributed by atoms with van der Waals surface area (Å²) in [6.45, 7) is 1.97. The largest absolute Gasteiger partial charge is 0.312 e. The van der Waals surface area contributed by atoms with Gasteiger partial charge in [-0.3, -0.25) is 5.73 Å². The number of hydrogen-bond donors (Lipinski definition) is 3. The molecule has 4 N–H and O–H groups in total. The van der Waals surface area contributed by atoms with E-state index in [9.17, 15) is 8.78 Å². The second kappa shape index (κ2) is 8.67. The molecule has 4 aromatic rings. The number of nitrogens with zero attached hydrogens (tertiary/aromatic N) is 9. The number of anilines is 1. The number of hydrogen-bond acceptors (Lipinski definition) is 11. The Labute approximate surface area is 208 Å². The zero-order chi connectivity index (χ0) is 25.6. The second-order valence-corrected chi connectivity index (χ2v) is 8.46. The Balaban J connectivity index is 1.28. The summed E-state index contributed by atoms with van der Waals surface area (Å²) < 4.78 is 29.9. The van der Waals surface area contributed by atoms with E-state index < -0.39 is 5.79 Å². The summed E-state index contributed by atoms with van der Waals surface area (Å²) >= 11 is 0. The predicted octanol–water partition coefficient (Wildman–Crippen LogP) is 1.78. The number of fused-ring (bicyclic) bond motifs is 2. The number of hydrazone groups is 1. The van der Waals surface area contributed by atoms with E-state index in [1.807, 2.05) is 0 Å². The fourth-order valence-electron chi connectivity index (χ4n) is 4.08. The number of rotatable bonds is 6. The third kappa shape index (κ3) is 4.12. The number of hydrazine groups is 1. The SMILES string of the molecule is CC1=NC(N)(Nc2ncc3nnn(Cc4ccccc4F)c3n2)C2=NNN(Cc3ccccc3F)C2=N1. The van der Waals surface area contributed by atoms with Gasteiger partial charge >= 0.3 is 0 Å². The maximum atomic E-state index is 14.2. The summed E-state index contributed by atoms with van der Waals surface area (Å²) in [6.07, 6.45) is 1.48. The Morgan fingerprint density at radius 3 is 2.46 bits per heavy atom. The van der Waals surface area contributed by atoms with Gasteiger partial charge in [0, 0.05) is 11.1 Å². The van der Waals surface area contributed by atoms with Gasteiger partial charge in [0.1, 0.15) is 17.5 Å². The lowest BCUT2D eigenvalue weighted by Gasteiger charge is -2.30. The predicted molar refractivity (Wildman–Crippen MR) is 132 cm³/mol. The molecular weight excluding hydrogens is 482 g/mol. The molecule has 186 valence electrons. The van der Waals surface area contributed by atoms with Gasteiger partial charge in [-0.05, 0) is 19.1 Å². The molecule has 14 heteroatoms. The van der Waals surface area contributed by atoms with E-state index in [2.05, 4.69) is 46.2 Å². The highest BCUT2D eigenvalue weighted by atomic mass is 19.1. The molecule has 2 aromatic heterocycles. The van der Waals surface area contributed by atoms with Crippen molar-refractivity contribution in [1.82, 2.24) is 35.5 Å². The van der Waals surface area contributed by atoms with Gasteiger partial charge in [0.25, 0.3) is 0 Å². The van der Waals surface area contributed by atoms with Crippen molar-refractivity contribution >= 4 is 34.5 Å². The molecule has 2 aliphatic heterocycles. The Morgan fingerprint density at radius 1 is 1.03 bits per heavy atom. The van der Waals surface area contributed by atoms with E-state index >= 15 is 0 Å². The van der Waals surface area contributed by atoms with E-state index in [-0.39, 0.29) is 36.4 Å². The van der Waals surface area contributed by atoms with E-state index in [0.717, 1.165) is 0 Å². The van der Waals surface area contributed by atoms with Crippen molar-refractivity contribution in [2.24, 2.45) is 20.8 Å². The zero-order valence-corrected chi connectivity index (χ0v) is 19.5. The molecule has 0 amide bonds. The monoisotopic (exact) mass is 502 g/mol. The fourth-order valence-corrected chi connectivity index (χ4v) is 4.08. The van der Waals surface area contributed by atoms with Crippen LogP contribution in [0.5, 0.6) is 0 Å². The van der Waals surface area contributed by atoms with Crippen LogP contribution in [0, 0.1) is 11.6 Å². The second-order valence-electron chi connectivity index (χ2n) is 8.46. The molecule has 0 saturated heterocycles. The lowest BCUT2D eigenvalue weighted by atomic mass is 10.1. The minimum absolute atomic E-state index is 0.125. The van der Waals surface area contributed by atoms with E-state index in [4.69, 9.17) is 5.73 Å². The van der Waals surface area contributed by atoms with Crippen LogP contribution in [0.2, 0.25) is 0 Å². The summed E-state index contributed by atoms with van der Waals surface area (Å²) in [7, 11) is 0. The van der Waals surface area contributed by atoms with Crippen LogP contribution in [0.4, 0.5) is 14.7 Å². The van der Waals surface area contributed by atoms with Gasteiger partial charge < -0.3 is 5.32 Å². The standard InChI is InChI=1S/C23H20F2N12/c1-13-28-21-19(33-35-37(21)12-15-7-3-5-9-17(15)25)23(26,30-13)31-22-27-10-18-20(29-22)36(34-32-18)11-14-6-2-4-8-16(14)24/h2-10,35H,11-12,26H2,1H3,(H,27,29,31). The topological polar surface area (TPSA) is 147 Å². The number of halogens is 2. The van der Waals surface area contributed by atoms with Crippen LogP contribution >= 0.6 is 0 Å². The maximum absolute atomic E-state index is 14.2. The number of aromatic nitrogens is 5. The first-order valence-electron chi connectivity index (χ1n) is 11.3. The molecule has 1 unspecified atom stereocenters. The maximum Gasteiger partial charge on any atom is 0.236 e. The smallest absolute Gasteiger partial charge is 0.236 e. The number of nitrogens with two attached hydrogens (primary N) is 1. The first-order valence-corrected chi connectivity index (χ1v) is 11.3. The Bertz CT molecular complexity index is 1610. The molecule has 12 nitrogen and oxygen atoms in total. The Kier molecular flexibility index (Phi) is 5.30. The minimum Gasteiger partial charge on any atom is -0.312 e. The summed E-state index contributed by atoms with van der Waals surface area (Å²) in [6, 6.07) is 12.8. The third-order valence-corrected chi connectivity index (χ3v) is 5.84. The van der Waals surface area contributed by atoms with Crippen molar-refractivity contribution in [3.05, 3.63) is 77.5 Å². The fraction of sp³-hybridized carbons (Fsp3) is 0.174. The molecule has 0 fully saturated rings. The molecule has 4 heterocycles. The highest BCUT2D eigenvalue weighted by Gasteiger charge is 2.44. The molecule has 0 bridgehead atoms. The minimum atomic E-state index is -1.57. The molecule has 6 rings (SSSR count). The molecule has 0 saturated carbocycles. The van der Waals surface area contributed by atoms with Gasteiger partial charge in [-0.25, -0.2) is 39.0 Å². The van der Waals surface area contributed by atoms with Crippen LogP contribution in [0.15, 0.2) is 69.8 Å².